The molecule has 0 aromatic heterocycles. The van der Waals surface area contributed by atoms with E-state index in [0.717, 1.165) is 5.56 Å². The summed E-state index contributed by atoms with van der Waals surface area (Å²) in [4.78, 5) is 0. The molecular formula is C11H14ClNO2. The highest BCUT2D eigenvalue weighted by Gasteiger charge is 2.04. The molecule has 0 saturated heterocycles. The lowest BCUT2D eigenvalue weighted by Crippen LogP contribution is -2.00. The zero-order chi connectivity index (χ0) is 11.1. The Labute approximate surface area is 94.4 Å². The third-order valence-electron chi connectivity index (χ3n) is 1.89. The Hall–Kier alpha value is -1.19. The third-order valence-corrected chi connectivity index (χ3v) is 2.07. The van der Waals surface area contributed by atoms with Gasteiger partial charge < -0.3 is 15.2 Å². The van der Waals surface area contributed by atoms with Crippen molar-refractivity contribution in [2.75, 3.05) is 13.7 Å². The molecule has 0 heterocycles. The van der Waals surface area contributed by atoms with Crippen molar-refractivity contribution in [3.63, 3.8) is 0 Å². The smallest absolute Gasteiger partial charge is 0.161 e. The molecule has 15 heavy (non-hydrogen) atoms. The number of methoxy groups -OCH3 is 1. The van der Waals surface area contributed by atoms with Crippen LogP contribution < -0.4 is 15.2 Å². The van der Waals surface area contributed by atoms with Gasteiger partial charge in [0, 0.05) is 12.1 Å². The average molecular weight is 228 g/mol. The molecule has 0 atom stereocenters. The Morgan fingerprint density at radius 1 is 1.40 bits per heavy atom. The van der Waals surface area contributed by atoms with E-state index in [9.17, 15) is 0 Å². The Bertz CT molecular complexity index is 339. The Morgan fingerprint density at radius 2 is 2.20 bits per heavy atom. The van der Waals surface area contributed by atoms with E-state index < -0.39 is 0 Å². The number of hydrogen-bond acceptors (Lipinski definition) is 3. The first kappa shape index (κ1) is 11.9. The van der Waals surface area contributed by atoms with Gasteiger partial charge in [-0.2, -0.15) is 0 Å². The van der Waals surface area contributed by atoms with Gasteiger partial charge in [-0.1, -0.05) is 17.7 Å². The maximum atomic E-state index is 5.53. The lowest BCUT2D eigenvalue weighted by molar-refractivity contribution is 0.326. The number of halogens is 1. The van der Waals surface area contributed by atoms with Crippen molar-refractivity contribution < 1.29 is 9.47 Å². The average Bonchev–Trinajstić information content (AvgIpc) is 2.29. The van der Waals surface area contributed by atoms with Crippen LogP contribution in [-0.4, -0.2) is 13.7 Å². The fourth-order valence-electron chi connectivity index (χ4n) is 1.14. The van der Waals surface area contributed by atoms with Crippen LogP contribution in [0, 0.1) is 0 Å². The minimum atomic E-state index is 0.411. The number of hydrogen-bond donors (Lipinski definition) is 1. The van der Waals surface area contributed by atoms with Crippen LogP contribution >= 0.6 is 11.6 Å². The van der Waals surface area contributed by atoms with Crippen LogP contribution in [0.3, 0.4) is 0 Å². The topological polar surface area (TPSA) is 44.5 Å². The Kier molecular flexibility index (Phi) is 5.01. The molecule has 0 fully saturated rings. The molecule has 1 rings (SSSR count). The van der Waals surface area contributed by atoms with Crippen LogP contribution in [0.5, 0.6) is 11.5 Å². The van der Waals surface area contributed by atoms with E-state index in [-0.39, 0.29) is 0 Å². The highest BCUT2D eigenvalue weighted by molar-refractivity contribution is 6.25. The van der Waals surface area contributed by atoms with Crippen molar-refractivity contribution in [2.45, 2.75) is 6.54 Å². The lowest BCUT2D eigenvalue weighted by Gasteiger charge is -2.10. The van der Waals surface area contributed by atoms with E-state index in [4.69, 9.17) is 26.8 Å². The summed E-state index contributed by atoms with van der Waals surface area (Å²) in [5.74, 6) is 1.37. The minimum Gasteiger partial charge on any atom is -0.493 e. The standard InChI is InChI=1S/C11H14ClNO2/c1-14-10-4-3-9(8-13)7-11(10)15-6-2-5-12/h2-5,7H,6,8,13H2,1H3/b5-2+. The summed E-state index contributed by atoms with van der Waals surface area (Å²) in [5, 5.41) is 0. The maximum Gasteiger partial charge on any atom is 0.161 e. The molecule has 0 radical (unpaired) electrons. The van der Waals surface area contributed by atoms with Gasteiger partial charge in [0.05, 0.1) is 7.11 Å². The van der Waals surface area contributed by atoms with Gasteiger partial charge in [0.2, 0.25) is 0 Å². The fourth-order valence-corrected chi connectivity index (χ4v) is 1.21. The molecular weight excluding hydrogens is 214 g/mol. The number of nitrogens with two attached hydrogens (primary N) is 1. The summed E-state index contributed by atoms with van der Waals surface area (Å²) in [5.41, 5.74) is 7.95. The molecule has 82 valence electrons. The summed E-state index contributed by atoms with van der Waals surface area (Å²) in [6, 6.07) is 5.60. The summed E-state index contributed by atoms with van der Waals surface area (Å²) in [6.45, 7) is 0.888. The molecule has 4 heteroatoms. The highest BCUT2D eigenvalue weighted by atomic mass is 35.5. The van der Waals surface area contributed by atoms with Gasteiger partial charge in [-0.15, -0.1) is 0 Å². The van der Waals surface area contributed by atoms with Crippen LogP contribution in [0.4, 0.5) is 0 Å². The van der Waals surface area contributed by atoms with E-state index in [2.05, 4.69) is 0 Å². The first-order chi connectivity index (χ1) is 7.31. The molecule has 0 spiro atoms. The molecule has 0 unspecified atom stereocenters. The number of benzene rings is 1. The van der Waals surface area contributed by atoms with Crippen molar-refractivity contribution in [3.05, 3.63) is 35.4 Å². The molecule has 0 saturated carbocycles. The first-order valence-electron chi connectivity index (χ1n) is 4.56. The van der Waals surface area contributed by atoms with Gasteiger partial charge in [-0.3, -0.25) is 0 Å². The largest absolute Gasteiger partial charge is 0.493 e. The van der Waals surface area contributed by atoms with Gasteiger partial charge in [-0.05, 0) is 23.8 Å². The van der Waals surface area contributed by atoms with Crippen LogP contribution in [0.2, 0.25) is 0 Å². The molecule has 0 aliphatic carbocycles. The normalized spacial score (nSPS) is 10.6. The van der Waals surface area contributed by atoms with E-state index >= 15 is 0 Å². The second-order valence-corrected chi connectivity index (χ2v) is 3.11. The zero-order valence-corrected chi connectivity index (χ0v) is 9.33. The third kappa shape index (κ3) is 3.46. The molecule has 2 N–H and O–H groups in total. The first-order valence-corrected chi connectivity index (χ1v) is 5.00. The quantitative estimate of drug-likeness (QED) is 0.840. The van der Waals surface area contributed by atoms with Crippen LogP contribution in [0.1, 0.15) is 5.56 Å². The summed E-state index contributed by atoms with van der Waals surface area (Å²) >= 11 is 5.39. The van der Waals surface area contributed by atoms with Gasteiger partial charge in [0.25, 0.3) is 0 Å². The van der Waals surface area contributed by atoms with Crippen LogP contribution in [-0.2, 0) is 6.54 Å². The second-order valence-electron chi connectivity index (χ2n) is 2.86. The van der Waals surface area contributed by atoms with Crippen LogP contribution in [0.25, 0.3) is 0 Å². The van der Waals surface area contributed by atoms with Crippen molar-refractivity contribution in [3.8, 4) is 11.5 Å². The fraction of sp³-hybridized carbons (Fsp3) is 0.273. The molecule has 1 aromatic rings. The van der Waals surface area contributed by atoms with Crippen molar-refractivity contribution in [1.29, 1.82) is 0 Å². The molecule has 0 aliphatic rings. The predicted octanol–water partition coefficient (Wildman–Crippen LogP) is 2.29. The predicted molar refractivity (Wildman–Crippen MR) is 61.4 cm³/mol. The van der Waals surface area contributed by atoms with E-state index in [1.807, 2.05) is 18.2 Å². The molecule has 0 aliphatic heterocycles. The van der Waals surface area contributed by atoms with Crippen molar-refractivity contribution in [1.82, 2.24) is 0 Å². The Balaban J connectivity index is 2.81. The second kappa shape index (κ2) is 6.32. The lowest BCUT2D eigenvalue weighted by atomic mass is 10.2. The van der Waals surface area contributed by atoms with Crippen molar-refractivity contribution >= 4 is 11.6 Å². The van der Waals surface area contributed by atoms with E-state index in [1.54, 1.807) is 13.2 Å². The van der Waals surface area contributed by atoms with Crippen molar-refractivity contribution in [2.24, 2.45) is 5.73 Å². The Morgan fingerprint density at radius 3 is 2.80 bits per heavy atom. The zero-order valence-electron chi connectivity index (χ0n) is 8.57. The van der Waals surface area contributed by atoms with E-state index in [0.29, 0.717) is 24.7 Å². The maximum absolute atomic E-state index is 5.53. The van der Waals surface area contributed by atoms with Gasteiger partial charge in [0.1, 0.15) is 6.61 Å². The van der Waals surface area contributed by atoms with Gasteiger partial charge in [0.15, 0.2) is 11.5 Å². The molecule has 1 aromatic carbocycles. The monoisotopic (exact) mass is 227 g/mol. The van der Waals surface area contributed by atoms with Gasteiger partial charge >= 0.3 is 0 Å². The van der Waals surface area contributed by atoms with Gasteiger partial charge in [-0.25, -0.2) is 0 Å². The summed E-state index contributed by atoms with van der Waals surface area (Å²) < 4.78 is 10.6. The molecule has 3 nitrogen and oxygen atoms in total. The SMILES string of the molecule is COc1ccc(CN)cc1OC/C=C/Cl. The van der Waals surface area contributed by atoms with Crippen LogP contribution in [0.15, 0.2) is 29.8 Å². The molecule has 0 bridgehead atoms. The van der Waals surface area contributed by atoms with E-state index in [1.165, 1.54) is 5.54 Å². The minimum absolute atomic E-state index is 0.411. The number of ether oxygens (including phenoxy) is 2. The summed E-state index contributed by atoms with van der Waals surface area (Å²) in [7, 11) is 1.60. The highest BCUT2D eigenvalue weighted by Crippen LogP contribution is 2.27. The number of rotatable bonds is 5. The summed E-state index contributed by atoms with van der Waals surface area (Å²) in [6.07, 6.45) is 1.70. The molecule has 0 amide bonds.